The first-order chi connectivity index (χ1) is 9.12. The lowest BCUT2D eigenvalue weighted by Gasteiger charge is -2.19. The van der Waals surface area contributed by atoms with Gasteiger partial charge in [0.1, 0.15) is 0 Å². The zero-order chi connectivity index (χ0) is 13.9. The first kappa shape index (κ1) is 14.7. The molecule has 0 bridgehead atoms. The summed E-state index contributed by atoms with van der Waals surface area (Å²) in [4.78, 5) is 0. The quantitative estimate of drug-likeness (QED) is 0.750. The molecule has 0 aliphatic carbocycles. The van der Waals surface area contributed by atoms with Gasteiger partial charge in [0, 0.05) is 4.47 Å². The van der Waals surface area contributed by atoms with Gasteiger partial charge in [-0.1, -0.05) is 40.2 Å². The summed E-state index contributed by atoms with van der Waals surface area (Å²) >= 11 is 3.50. The van der Waals surface area contributed by atoms with E-state index in [1.807, 2.05) is 44.2 Å². The fourth-order valence-corrected chi connectivity index (χ4v) is 4.26. The summed E-state index contributed by atoms with van der Waals surface area (Å²) in [5.74, 6) is 0. The molecule has 0 saturated heterocycles. The average Bonchev–Trinajstić information content (AvgIpc) is 2.40. The van der Waals surface area contributed by atoms with E-state index >= 15 is 0 Å². The monoisotopic (exact) mass is 342 g/mol. The van der Waals surface area contributed by atoms with Crippen LogP contribution in [0.3, 0.4) is 0 Å². The third kappa shape index (κ3) is 2.92. The van der Waals surface area contributed by atoms with Crippen LogP contribution < -0.4 is 5.30 Å². The summed E-state index contributed by atoms with van der Waals surface area (Å²) in [5, 5.41) is 2.51. The highest BCUT2D eigenvalue weighted by Crippen LogP contribution is 2.48. The molecule has 102 valence electrons. The van der Waals surface area contributed by atoms with Crippen LogP contribution in [0.25, 0.3) is 10.8 Å². The van der Waals surface area contributed by atoms with Crippen molar-refractivity contribution < 1.29 is 13.6 Å². The Balaban J connectivity index is 2.67. The summed E-state index contributed by atoms with van der Waals surface area (Å²) in [5.41, 5.74) is 0. The minimum absolute atomic E-state index is 0.349. The van der Waals surface area contributed by atoms with Crippen molar-refractivity contribution in [1.82, 2.24) is 0 Å². The molecule has 0 N–H and O–H groups in total. The van der Waals surface area contributed by atoms with Crippen LogP contribution in [0.2, 0.25) is 0 Å². The third-order valence-corrected chi connectivity index (χ3v) is 5.61. The lowest BCUT2D eigenvalue weighted by Crippen LogP contribution is -2.12. The van der Waals surface area contributed by atoms with Gasteiger partial charge in [-0.05, 0) is 36.8 Å². The van der Waals surface area contributed by atoms with E-state index in [9.17, 15) is 4.57 Å². The van der Waals surface area contributed by atoms with E-state index in [0.717, 1.165) is 15.2 Å². The van der Waals surface area contributed by atoms with Crippen molar-refractivity contribution >= 4 is 39.6 Å². The second-order valence-corrected chi connectivity index (χ2v) is 6.79. The van der Waals surface area contributed by atoms with Crippen LogP contribution >= 0.6 is 23.5 Å². The molecule has 0 spiro atoms. The molecule has 3 nitrogen and oxygen atoms in total. The molecule has 0 saturated carbocycles. The third-order valence-electron chi connectivity index (χ3n) is 2.74. The van der Waals surface area contributed by atoms with Crippen molar-refractivity contribution in [2.24, 2.45) is 0 Å². The maximum Gasteiger partial charge on any atom is 0.361 e. The molecule has 0 aliphatic heterocycles. The first-order valence-corrected chi connectivity index (χ1v) is 8.53. The van der Waals surface area contributed by atoms with Crippen LogP contribution in [-0.4, -0.2) is 13.2 Å². The molecule has 0 radical (unpaired) electrons. The van der Waals surface area contributed by atoms with Crippen LogP contribution in [0.4, 0.5) is 0 Å². The number of fused-ring (bicyclic) bond motifs is 1. The Labute approximate surface area is 121 Å². The normalized spacial score (nSPS) is 11.9. The number of hydrogen-bond acceptors (Lipinski definition) is 3. The Kier molecular flexibility index (Phi) is 4.80. The summed E-state index contributed by atoms with van der Waals surface area (Å²) in [6.45, 7) is 4.32. The summed E-state index contributed by atoms with van der Waals surface area (Å²) < 4.78 is 24.7. The van der Waals surface area contributed by atoms with Crippen molar-refractivity contribution in [1.29, 1.82) is 0 Å². The van der Waals surface area contributed by atoms with E-state index in [-0.39, 0.29) is 0 Å². The molecule has 0 aliphatic rings. The SMILES string of the molecule is CCOP(=O)(OCC)c1ccc(Br)c2ccccc12. The topological polar surface area (TPSA) is 35.5 Å². The summed E-state index contributed by atoms with van der Waals surface area (Å²) in [6.07, 6.45) is 0. The predicted molar refractivity (Wildman–Crippen MR) is 82.1 cm³/mol. The number of halogens is 1. The first-order valence-electron chi connectivity index (χ1n) is 6.19. The Morgan fingerprint density at radius 3 is 2.16 bits per heavy atom. The Bertz CT molecular complexity index is 617. The molecule has 0 amide bonds. The van der Waals surface area contributed by atoms with Crippen LogP contribution in [0.1, 0.15) is 13.8 Å². The number of benzene rings is 2. The fourth-order valence-electron chi connectivity index (χ4n) is 2.00. The second-order valence-electron chi connectivity index (χ2n) is 3.95. The Morgan fingerprint density at radius 2 is 1.58 bits per heavy atom. The highest BCUT2D eigenvalue weighted by atomic mass is 79.9. The van der Waals surface area contributed by atoms with E-state index in [4.69, 9.17) is 9.05 Å². The van der Waals surface area contributed by atoms with Crippen LogP contribution in [-0.2, 0) is 13.6 Å². The number of hydrogen-bond donors (Lipinski definition) is 0. The van der Waals surface area contributed by atoms with Crippen molar-refractivity contribution in [3.05, 3.63) is 40.9 Å². The lowest BCUT2D eigenvalue weighted by atomic mass is 10.1. The van der Waals surface area contributed by atoms with E-state index in [0.29, 0.717) is 18.5 Å². The molecular formula is C14H16BrO3P. The molecule has 0 unspecified atom stereocenters. The van der Waals surface area contributed by atoms with Crippen LogP contribution in [0, 0.1) is 0 Å². The van der Waals surface area contributed by atoms with Crippen molar-refractivity contribution in [3.63, 3.8) is 0 Å². The van der Waals surface area contributed by atoms with E-state index in [1.54, 1.807) is 6.07 Å². The van der Waals surface area contributed by atoms with Crippen molar-refractivity contribution in [2.75, 3.05) is 13.2 Å². The largest absolute Gasteiger partial charge is 0.361 e. The van der Waals surface area contributed by atoms with E-state index in [1.165, 1.54) is 0 Å². The van der Waals surface area contributed by atoms with E-state index < -0.39 is 7.60 Å². The zero-order valence-electron chi connectivity index (χ0n) is 10.9. The fraction of sp³-hybridized carbons (Fsp3) is 0.286. The van der Waals surface area contributed by atoms with Gasteiger partial charge in [-0.15, -0.1) is 0 Å². The minimum atomic E-state index is -3.26. The molecule has 19 heavy (non-hydrogen) atoms. The molecule has 0 heterocycles. The van der Waals surface area contributed by atoms with Gasteiger partial charge in [0.2, 0.25) is 0 Å². The van der Waals surface area contributed by atoms with Gasteiger partial charge in [0.15, 0.2) is 0 Å². The molecular weight excluding hydrogens is 327 g/mol. The van der Waals surface area contributed by atoms with Gasteiger partial charge in [0.05, 0.1) is 18.5 Å². The zero-order valence-corrected chi connectivity index (χ0v) is 13.4. The minimum Gasteiger partial charge on any atom is -0.305 e. The molecule has 2 aromatic carbocycles. The smallest absolute Gasteiger partial charge is 0.305 e. The van der Waals surface area contributed by atoms with Crippen molar-refractivity contribution in [2.45, 2.75) is 13.8 Å². The highest BCUT2D eigenvalue weighted by Gasteiger charge is 2.28. The molecule has 0 atom stereocenters. The molecule has 0 fully saturated rings. The summed E-state index contributed by atoms with van der Waals surface area (Å²) in [7, 11) is -3.26. The van der Waals surface area contributed by atoms with Gasteiger partial charge in [-0.2, -0.15) is 0 Å². The summed E-state index contributed by atoms with van der Waals surface area (Å²) in [6, 6.07) is 11.5. The van der Waals surface area contributed by atoms with Gasteiger partial charge in [-0.3, -0.25) is 4.57 Å². The number of rotatable bonds is 5. The van der Waals surface area contributed by atoms with Crippen LogP contribution in [0.5, 0.6) is 0 Å². The standard InChI is InChI=1S/C14H16BrO3P/c1-3-17-19(16,18-4-2)14-10-9-13(15)11-7-5-6-8-12(11)14/h5-10H,3-4H2,1-2H3. The van der Waals surface area contributed by atoms with Gasteiger partial charge in [-0.25, -0.2) is 0 Å². The Morgan fingerprint density at radius 1 is 1.00 bits per heavy atom. The molecule has 5 heteroatoms. The molecule has 0 aromatic heterocycles. The highest BCUT2D eigenvalue weighted by molar-refractivity contribution is 9.10. The molecule has 2 aromatic rings. The maximum atomic E-state index is 12.9. The van der Waals surface area contributed by atoms with Gasteiger partial charge in [0.25, 0.3) is 0 Å². The lowest BCUT2D eigenvalue weighted by molar-refractivity contribution is 0.230. The predicted octanol–water partition coefficient (Wildman–Crippen LogP) is 4.49. The van der Waals surface area contributed by atoms with Gasteiger partial charge >= 0.3 is 7.60 Å². The average molecular weight is 343 g/mol. The molecule has 2 rings (SSSR count). The maximum absolute atomic E-state index is 12.9. The van der Waals surface area contributed by atoms with Crippen molar-refractivity contribution in [3.8, 4) is 0 Å². The van der Waals surface area contributed by atoms with Gasteiger partial charge < -0.3 is 9.05 Å². The van der Waals surface area contributed by atoms with E-state index in [2.05, 4.69) is 15.9 Å². The second kappa shape index (κ2) is 6.19. The van der Waals surface area contributed by atoms with Crippen LogP contribution in [0.15, 0.2) is 40.9 Å². The Hall–Kier alpha value is -0.670.